The topological polar surface area (TPSA) is 0 Å². The molecular formula is H8BiFeMnSbSnTi. The van der Waals surface area contributed by atoms with Gasteiger partial charge >= 0.3 is 74.5 Å². The van der Waals surface area contributed by atoms with E-state index in [-0.39, 0.29) is 130 Å². The summed E-state index contributed by atoms with van der Waals surface area (Å²) in [5.74, 6) is 0. The van der Waals surface area contributed by atoms with Crippen LogP contribution in [0.4, 0.5) is 0 Å². The van der Waals surface area contributed by atoms with Crippen LogP contribution in [0.1, 0.15) is 0 Å². The first-order valence-corrected chi connectivity index (χ1v) is 0. The van der Waals surface area contributed by atoms with Crippen LogP contribution in [0.25, 0.3) is 0 Å². The van der Waals surface area contributed by atoms with Crippen molar-refractivity contribution in [3.05, 3.63) is 0 Å². The van der Waals surface area contributed by atoms with E-state index in [1.165, 1.54) is 0 Å². The van der Waals surface area contributed by atoms with E-state index in [2.05, 4.69) is 0 Å². The Morgan fingerprint density at radius 3 is 1.00 bits per heavy atom. The molecule has 41 valence electrons. The second-order valence-electron chi connectivity index (χ2n) is 0. The average molecular weight is 616 g/mol. The van der Waals surface area contributed by atoms with Gasteiger partial charge in [0.15, 0.2) is 0 Å². The van der Waals surface area contributed by atoms with E-state index in [4.69, 9.17) is 0 Å². The molecule has 0 nitrogen and oxygen atoms in total. The molecule has 6 heteroatoms. The fraction of sp³-hybridized carbons (Fsp3) is 0. The molecule has 0 aromatic heterocycles. The summed E-state index contributed by atoms with van der Waals surface area (Å²) in [5.41, 5.74) is 0. The molecule has 0 rings (SSSR count). The van der Waals surface area contributed by atoms with Crippen LogP contribution in [0.5, 0.6) is 0 Å². The van der Waals surface area contributed by atoms with Crippen LogP contribution < -0.4 is 0 Å². The normalized spacial score (nSPS) is 0. The van der Waals surface area contributed by atoms with Crippen molar-refractivity contribution in [1.29, 1.82) is 0 Å². The Morgan fingerprint density at radius 2 is 1.00 bits per heavy atom. The summed E-state index contributed by atoms with van der Waals surface area (Å²) < 4.78 is 0. The zero-order valence-corrected chi connectivity index (χ0v) is 20.8. The van der Waals surface area contributed by atoms with Crippen LogP contribution in [0.3, 0.4) is 0 Å². The summed E-state index contributed by atoms with van der Waals surface area (Å²) >= 11 is 0. The van der Waals surface area contributed by atoms with E-state index in [1.807, 2.05) is 0 Å². The third-order valence-corrected chi connectivity index (χ3v) is 0. The Bertz CT molecular complexity index is 15.5. The van der Waals surface area contributed by atoms with Gasteiger partial charge in [0.05, 0.1) is 0 Å². The summed E-state index contributed by atoms with van der Waals surface area (Å²) in [7, 11) is 0. The van der Waals surface area contributed by atoms with E-state index in [1.54, 1.807) is 0 Å². The molecule has 0 heterocycles. The van der Waals surface area contributed by atoms with E-state index in [9.17, 15) is 0 Å². The Balaban J connectivity index is 0. The van der Waals surface area contributed by atoms with Gasteiger partial charge in [0.2, 0.25) is 0 Å². The summed E-state index contributed by atoms with van der Waals surface area (Å²) in [4.78, 5) is 0. The van der Waals surface area contributed by atoms with Gasteiger partial charge in [-0.15, -0.1) is 0 Å². The van der Waals surface area contributed by atoms with Crippen molar-refractivity contribution < 1.29 is 55.9 Å². The Morgan fingerprint density at radius 1 is 1.00 bits per heavy atom. The largest absolute Gasteiger partial charge is 0 e. The van der Waals surface area contributed by atoms with Crippen molar-refractivity contribution in [2.45, 2.75) is 0 Å². The molecule has 0 bridgehead atoms. The minimum Gasteiger partial charge on any atom is 0 e. The van der Waals surface area contributed by atoms with Crippen molar-refractivity contribution >= 4 is 74.5 Å². The molecule has 0 N–H and O–H groups in total. The third kappa shape index (κ3) is 24.0. The van der Waals surface area contributed by atoms with E-state index in [0.29, 0.717) is 0 Å². The minimum absolute atomic E-state index is 0. The zero-order valence-electron chi connectivity index (χ0n) is 3.35. The molecule has 0 saturated heterocycles. The summed E-state index contributed by atoms with van der Waals surface area (Å²) in [5, 5.41) is 0. The number of rotatable bonds is 0. The van der Waals surface area contributed by atoms with E-state index >= 15 is 0 Å². The molecule has 0 aliphatic rings. The molecule has 0 spiro atoms. The molecule has 6 heavy (non-hydrogen) atoms. The molecule has 0 aromatic carbocycles. The molecule has 0 aromatic rings. The van der Waals surface area contributed by atoms with Crippen LogP contribution in [-0.2, 0) is 55.9 Å². The predicted molar refractivity (Wildman–Crippen MR) is 28.4 cm³/mol. The first-order chi connectivity index (χ1) is 0. The minimum atomic E-state index is 0. The molecule has 0 unspecified atom stereocenters. The van der Waals surface area contributed by atoms with Crippen molar-refractivity contribution in [3.63, 3.8) is 0 Å². The first kappa shape index (κ1) is 48.5. The van der Waals surface area contributed by atoms with Crippen molar-refractivity contribution in [1.82, 2.24) is 0 Å². The predicted octanol–water partition coefficient (Wildman–Crippen LogP) is -3.29. The molecule has 0 atom stereocenters. The first-order valence-electron chi connectivity index (χ1n) is 0. The molecule has 0 aliphatic carbocycles. The fourth-order valence-electron chi connectivity index (χ4n) is 0. The third-order valence-electron chi connectivity index (χ3n) is 0. The van der Waals surface area contributed by atoms with Crippen molar-refractivity contribution in [2.75, 3.05) is 0 Å². The van der Waals surface area contributed by atoms with E-state index < -0.39 is 0 Å². The van der Waals surface area contributed by atoms with Crippen molar-refractivity contribution in [2.24, 2.45) is 0 Å². The Kier molecular flexibility index (Phi) is 282. The molecule has 0 aliphatic heterocycles. The maximum atomic E-state index is 0. The van der Waals surface area contributed by atoms with Gasteiger partial charge in [0.25, 0.3) is 0 Å². The smallest absolute Gasteiger partial charge is 0 e. The van der Waals surface area contributed by atoms with Gasteiger partial charge < -0.3 is 0 Å². The summed E-state index contributed by atoms with van der Waals surface area (Å²) in [6.45, 7) is 0. The molecular weight excluding hydrogens is 608 g/mol. The van der Waals surface area contributed by atoms with Crippen LogP contribution in [0, 0.1) is 0 Å². The van der Waals surface area contributed by atoms with Gasteiger partial charge in [-0.25, -0.2) is 0 Å². The van der Waals surface area contributed by atoms with Crippen molar-refractivity contribution in [3.8, 4) is 0 Å². The quantitative estimate of drug-likeness (QED) is 0.251. The maximum absolute atomic E-state index is 0. The monoisotopic (exact) mass is 617 g/mol. The van der Waals surface area contributed by atoms with Gasteiger partial charge in [-0.3, -0.25) is 0 Å². The van der Waals surface area contributed by atoms with Crippen LogP contribution >= 0.6 is 0 Å². The number of hydrogen-bond acceptors (Lipinski definition) is 0. The van der Waals surface area contributed by atoms with Crippen LogP contribution in [-0.4, -0.2) is 74.5 Å². The zero-order chi connectivity index (χ0) is 0. The molecule has 3 radical (unpaired) electrons. The maximum Gasteiger partial charge on any atom is 0 e. The van der Waals surface area contributed by atoms with E-state index in [0.717, 1.165) is 0 Å². The fourth-order valence-corrected chi connectivity index (χ4v) is 0. The van der Waals surface area contributed by atoms with Gasteiger partial charge in [-0.05, 0) is 0 Å². The molecule has 0 saturated carbocycles. The SMILES string of the molecule is [BiH3].[Fe].[Mn].[SbH3].[SnH2].[Ti]. The van der Waals surface area contributed by atoms with Crippen LogP contribution in [0.2, 0.25) is 0 Å². The summed E-state index contributed by atoms with van der Waals surface area (Å²) in [6.07, 6.45) is 0. The van der Waals surface area contributed by atoms with Gasteiger partial charge in [-0.2, -0.15) is 0 Å². The summed E-state index contributed by atoms with van der Waals surface area (Å²) in [6, 6.07) is 0. The Hall–Kier alpha value is 4.25. The molecule has 0 amide bonds. The Labute approximate surface area is 127 Å². The molecule has 0 fully saturated rings. The second kappa shape index (κ2) is 34.8. The van der Waals surface area contributed by atoms with Gasteiger partial charge in [0.1, 0.15) is 0 Å². The van der Waals surface area contributed by atoms with Crippen LogP contribution in [0.15, 0.2) is 0 Å². The van der Waals surface area contributed by atoms with Gasteiger partial charge in [0, 0.05) is 55.9 Å². The average Bonchev–Trinajstić information content (AvgIpc) is 0. The second-order valence-corrected chi connectivity index (χ2v) is 0. The number of hydrogen-bond donors (Lipinski definition) is 0. The standard InChI is InChI=1S/Bi.Fe.Mn.Sb.Sn.Ti.8H. The van der Waals surface area contributed by atoms with Gasteiger partial charge in [-0.1, -0.05) is 0 Å².